The van der Waals surface area contributed by atoms with Crippen molar-refractivity contribution < 1.29 is 26.3 Å². The van der Waals surface area contributed by atoms with Crippen LogP contribution < -0.4 is 4.72 Å². The second-order valence-corrected chi connectivity index (χ2v) is 7.14. The van der Waals surface area contributed by atoms with Gasteiger partial charge in [0, 0.05) is 12.2 Å². The third-order valence-corrected chi connectivity index (χ3v) is 4.86. The van der Waals surface area contributed by atoms with Crippen LogP contribution in [-0.4, -0.2) is 31.7 Å². The minimum atomic E-state index is -4.60. The summed E-state index contributed by atoms with van der Waals surface area (Å²) in [4.78, 5) is 2.89. The van der Waals surface area contributed by atoms with E-state index in [2.05, 4.69) is 9.71 Å². The van der Waals surface area contributed by atoms with Crippen molar-refractivity contribution in [2.24, 2.45) is 0 Å². The van der Waals surface area contributed by atoms with E-state index < -0.39 is 21.9 Å². The topological polar surface area (TPSA) is 68.3 Å². The van der Waals surface area contributed by atoms with Crippen molar-refractivity contribution in [3.8, 4) is 0 Å². The second-order valence-electron chi connectivity index (χ2n) is 5.42. The van der Waals surface area contributed by atoms with Gasteiger partial charge in [-0.15, -0.1) is 0 Å². The lowest BCUT2D eigenvalue weighted by Gasteiger charge is -2.32. The number of hydrogen-bond acceptors (Lipinski definition) is 4. The van der Waals surface area contributed by atoms with E-state index >= 15 is 0 Å². The van der Waals surface area contributed by atoms with E-state index in [1.807, 2.05) is 13.8 Å². The fraction of sp³-hybridized carbons (Fsp3) is 0.615. The summed E-state index contributed by atoms with van der Waals surface area (Å²) in [5, 5.41) is 0. The lowest BCUT2D eigenvalue weighted by Crippen LogP contribution is -2.43. The maximum absolute atomic E-state index is 12.4. The molecular formula is C13H17F3N2O3S. The van der Waals surface area contributed by atoms with E-state index in [1.165, 1.54) is 0 Å². The van der Waals surface area contributed by atoms with Gasteiger partial charge < -0.3 is 4.74 Å². The summed E-state index contributed by atoms with van der Waals surface area (Å²) in [6.45, 7) is 3.69. The average molecular weight is 338 g/mol. The highest BCUT2D eigenvalue weighted by molar-refractivity contribution is 7.89. The fourth-order valence-electron chi connectivity index (χ4n) is 2.50. The Kier molecular flexibility index (Phi) is 4.78. The van der Waals surface area contributed by atoms with E-state index in [4.69, 9.17) is 4.74 Å². The third-order valence-electron chi connectivity index (χ3n) is 3.36. The monoisotopic (exact) mass is 338 g/mol. The molecule has 1 aliphatic heterocycles. The van der Waals surface area contributed by atoms with Gasteiger partial charge in [0.25, 0.3) is 0 Å². The molecule has 0 saturated carbocycles. The summed E-state index contributed by atoms with van der Waals surface area (Å²) in [6.07, 6.45) is -3.02. The molecule has 1 aliphatic rings. The van der Waals surface area contributed by atoms with E-state index in [-0.39, 0.29) is 23.1 Å². The van der Waals surface area contributed by atoms with Crippen LogP contribution in [0.15, 0.2) is 23.2 Å². The number of sulfonamides is 1. The van der Waals surface area contributed by atoms with Gasteiger partial charge in [0.1, 0.15) is 10.6 Å². The van der Waals surface area contributed by atoms with Crippen LogP contribution in [0.25, 0.3) is 0 Å². The highest BCUT2D eigenvalue weighted by atomic mass is 32.2. The Bertz CT molecular complexity index is 606. The molecule has 1 saturated heterocycles. The summed E-state index contributed by atoms with van der Waals surface area (Å²) < 4.78 is 69.7. The molecule has 9 heteroatoms. The number of rotatable bonds is 3. The molecule has 5 nitrogen and oxygen atoms in total. The largest absolute Gasteiger partial charge is 0.433 e. The van der Waals surface area contributed by atoms with E-state index in [9.17, 15) is 21.6 Å². The highest BCUT2D eigenvalue weighted by Crippen LogP contribution is 2.28. The first kappa shape index (κ1) is 17.2. The van der Waals surface area contributed by atoms with E-state index in [0.29, 0.717) is 18.9 Å². The Hall–Kier alpha value is -1.19. The quantitative estimate of drug-likeness (QED) is 0.918. The van der Waals surface area contributed by atoms with Gasteiger partial charge in [-0.2, -0.15) is 13.2 Å². The maximum Gasteiger partial charge on any atom is 0.433 e. The number of halogens is 3. The van der Waals surface area contributed by atoms with Crippen LogP contribution in [0.1, 0.15) is 32.4 Å². The first-order valence-electron chi connectivity index (χ1n) is 6.79. The van der Waals surface area contributed by atoms with Crippen LogP contribution >= 0.6 is 0 Å². The van der Waals surface area contributed by atoms with Crippen LogP contribution in [0.3, 0.4) is 0 Å². The molecule has 0 aliphatic carbocycles. The Balaban J connectivity index is 2.13. The number of aromatic nitrogens is 1. The lowest BCUT2D eigenvalue weighted by molar-refractivity contribution is -0.141. The molecule has 1 aromatic heterocycles. The minimum Gasteiger partial charge on any atom is -0.375 e. The molecule has 22 heavy (non-hydrogen) atoms. The molecule has 2 rings (SSSR count). The van der Waals surface area contributed by atoms with Crippen LogP contribution in [0.5, 0.6) is 0 Å². The van der Waals surface area contributed by atoms with Crippen molar-refractivity contribution in [1.82, 2.24) is 9.71 Å². The van der Waals surface area contributed by atoms with Gasteiger partial charge in [0.2, 0.25) is 10.0 Å². The molecule has 0 aromatic carbocycles. The van der Waals surface area contributed by atoms with Crippen LogP contribution in [-0.2, 0) is 20.9 Å². The van der Waals surface area contributed by atoms with Gasteiger partial charge in [-0.25, -0.2) is 13.1 Å². The highest BCUT2D eigenvalue weighted by Gasteiger charge is 2.33. The number of nitrogens with zero attached hydrogens (tertiary/aromatic N) is 1. The van der Waals surface area contributed by atoms with Gasteiger partial charge in [-0.05, 0) is 38.8 Å². The number of hydrogen-bond donors (Lipinski definition) is 1. The van der Waals surface area contributed by atoms with Gasteiger partial charge in [0.05, 0.1) is 12.2 Å². The fourth-order valence-corrected chi connectivity index (χ4v) is 3.70. The van der Waals surface area contributed by atoms with Crippen LogP contribution in [0, 0.1) is 0 Å². The standard InChI is InChI=1S/C13H17F3N2O3S/c1-8-5-10(6-9(2)21-8)18-22(19,20)11-3-4-12(17-7-11)13(14,15)16/h3-4,7-10,18H,5-6H2,1-2H3. The Morgan fingerprint density at radius 3 is 2.27 bits per heavy atom. The van der Waals surface area contributed by atoms with Gasteiger partial charge in [-0.1, -0.05) is 0 Å². The molecule has 0 bridgehead atoms. The molecule has 1 fully saturated rings. The number of nitrogens with one attached hydrogen (secondary N) is 1. The molecule has 0 radical (unpaired) electrons. The summed E-state index contributed by atoms with van der Waals surface area (Å²) in [6, 6.07) is 1.25. The first-order chi connectivity index (χ1) is 10.1. The average Bonchev–Trinajstić information content (AvgIpc) is 2.36. The predicted molar refractivity (Wildman–Crippen MR) is 72.6 cm³/mol. The van der Waals surface area contributed by atoms with Gasteiger partial charge in [-0.3, -0.25) is 4.98 Å². The van der Waals surface area contributed by atoms with Crippen LogP contribution in [0.4, 0.5) is 13.2 Å². The number of ether oxygens (including phenoxy) is 1. The van der Waals surface area contributed by atoms with Crippen molar-refractivity contribution in [2.45, 2.75) is 56.0 Å². The lowest BCUT2D eigenvalue weighted by atomic mass is 10.0. The van der Waals surface area contributed by atoms with Crippen molar-refractivity contribution in [1.29, 1.82) is 0 Å². The summed E-state index contributed by atoms with van der Waals surface area (Å²) in [5.74, 6) is 0. The van der Waals surface area contributed by atoms with Crippen molar-refractivity contribution >= 4 is 10.0 Å². The predicted octanol–water partition coefficient (Wildman–Crippen LogP) is 2.33. The van der Waals surface area contributed by atoms with Gasteiger partial charge >= 0.3 is 6.18 Å². The second kappa shape index (κ2) is 6.13. The Morgan fingerprint density at radius 2 is 1.82 bits per heavy atom. The summed E-state index contributed by atoms with van der Waals surface area (Å²) >= 11 is 0. The molecule has 0 spiro atoms. The van der Waals surface area contributed by atoms with Crippen molar-refractivity contribution in [3.05, 3.63) is 24.0 Å². The van der Waals surface area contributed by atoms with E-state index in [1.54, 1.807) is 0 Å². The molecule has 1 N–H and O–H groups in total. The molecule has 2 unspecified atom stereocenters. The van der Waals surface area contributed by atoms with Gasteiger partial charge in [0.15, 0.2) is 0 Å². The molecule has 0 amide bonds. The number of alkyl halides is 3. The summed E-state index contributed by atoms with van der Waals surface area (Å²) in [5.41, 5.74) is -1.13. The van der Waals surface area contributed by atoms with Crippen molar-refractivity contribution in [2.75, 3.05) is 0 Å². The molecule has 2 atom stereocenters. The zero-order valence-corrected chi connectivity index (χ0v) is 12.9. The van der Waals surface area contributed by atoms with Crippen molar-refractivity contribution in [3.63, 3.8) is 0 Å². The maximum atomic E-state index is 12.4. The zero-order chi connectivity index (χ0) is 16.5. The van der Waals surface area contributed by atoms with Crippen LogP contribution in [0.2, 0.25) is 0 Å². The smallest absolute Gasteiger partial charge is 0.375 e. The third kappa shape index (κ3) is 4.17. The number of pyridine rings is 1. The Labute approximate surface area is 126 Å². The minimum absolute atomic E-state index is 0.0813. The molecular weight excluding hydrogens is 321 g/mol. The molecule has 124 valence electrons. The molecule has 1 aromatic rings. The van der Waals surface area contributed by atoms with E-state index in [0.717, 1.165) is 12.3 Å². The SMILES string of the molecule is CC1CC(NS(=O)(=O)c2ccc(C(F)(F)F)nc2)CC(C)O1. The molecule has 2 heterocycles. The first-order valence-corrected chi connectivity index (χ1v) is 8.27. The summed E-state index contributed by atoms with van der Waals surface area (Å²) in [7, 11) is -3.90. The zero-order valence-electron chi connectivity index (χ0n) is 12.1. The normalized spacial score (nSPS) is 26.9. The Morgan fingerprint density at radius 1 is 1.23 bits per heavy atom.